The molecule has 0 fully saturated rings. The summed E-state index contributed by atoms with van der Waals surface area (Å²) in [6, 6.07) is 27.6. The number of hydrogen-bond acceptors (Lipinski definition) is 19. The third kappa shape index (κ3) is 12.0. The number of rotatable bonds is 4. The molecule has 14 rings (SSSR count). The number of carboxylic acids is 3. The molecule has 424 valence electrons. The van der Waals surface area contributed by atoms with Crippen molar-refractivity contribution in [1.82, 2.24) is 34.9 Å². The van der Waals surface area contributed by atoms with Gasteiger partial charge in [-0.15, -0.1) is 0 Å². The molecular weight excluding hydrogens is 1130 g/mol. The summed E-state index contributed by atoms with van der Waals surface area (Å²) in [5.41, 5.74) is 28.5. The van der Waals surface area contributed by atoms with E-state index in [0.29, 0.717) is 66.8 Å². The molecule has 22 nitrogen and oxygen atoms in total. The number of aliphatic carboxylic acids is 1. The van der Waals surface area contributed by atoms with Gasteiger partial charge in [0.05, 0.1) is 74.9 Å². The summed E-state index contributed by atoms with van der Waals surface area (Å²) in [5.74, 6) is -3.79. The number of aromatic nitrogens is 7. The average molecular weight is 1180 g/mol. The number of aryl methyl sites for hydroxylation is 6. The number of anilines is 2. The van der Waals surface area contributed by atoms with E-state index in [-0.39, 0.29) is 35.0 Å². The fraction of sp³-hybridized carbons (Fsp3) is 0.113. The molecule has 0 unspecified atom stereocenters. The number of carbonyl (C=O) groups is 6. The van der Waals surface area contributed by atoms with Gasteiger partial charge in [-0.25, -0.2) is 34.5 Å². The molecule has 3 aliphatic rings. The van der Waals surface area contributed by atoms with Crippen LogP contribution in [0.2, 0.25) is 0 Å². The molecule has 0 atom stereocenters. The predicted molar refractivity (Wildman–Crippen MR) is 309 cm³/mol. The van der Waals surface area contributed by atoms with Crippen LogP contribution in [0.4, 0.5) is 11.4 Å². The van der Waals surface area contributed by atoms with Gasteiger partial charge < -0.3 is 31.5 Å². The number of ether oxygens (including phenoxy) is 1. The fourth-order valence-corrected chi connectivity index (χ4v) is 10.2. The predicted octanol–water partition coefficient (Wildman–Crippen LogP) is 10.6. The molecule has 11 aromatic rings. The minimum atomic E-state index is -3.79. The molecule has 23 heteroatoms. The van der Waals surface area contributed by atoms with Gasteiger partial charge in [-0.3, -0.25) is 29.1 Å². The van der Waals surface area contributed by atoms with Crippen LogP contribution >= 0.6 is 0 Å². The van der Waals surface area contributed by atoms with E-state index in [1.165, 1.54) is 69.6 Å². The number of Topliss-reactive ketones (excluding diaryl/α,β-unsaturated/α-hetero) is 2. The number of fused-ring (bicyclic) bond motifs is 8. The van der Waals surface area contributed by atoms with Crippen LogP contribution < -0.4 is 16.2 Å². The number of carboxylic acid groups (broad SMARTS) is 3. The molecule has 5 heterocycles. The number of carbonyl (C=O) groups excluding carboxylic acids is 3. The van der Waals surface area contributed by atoms with Crippen molar-refractivity contribution in [3.05, 3.63) is 165 Å². The SMILES string of the molecule is CC(=O)O.Cc1cc(N)c(N)cn1.Cc1cc2c3c(cc(C)cc3c1)-c1nc3cc(C)ncc3nc1-2.Cc1cc2c3c(cc(C)cc3c1)C(=O)C2=O.O=COc1cc2nc3c(nc2cn1)-c1cc(C(=O)O)cc2cc(C(=O)O)cc-3c12.[O]=[Cr](=[O])=[O]. The van der Waals surface area contributed by atoms with E-state index >= 15 is 0 Å². The van der Waals surface area contributed by atoms with E-state index in [0.717, 1.165) is 62.6 Å². The maximum atomic E-state index is 11.8. The summed E-state index contributed by atoms with van der Waals surface area (Å²) in [6.07, 6.45) is 4.77. The van der Waals surface area contributed by atoms with Crippen LogP contribution in [0.25, 0.3) is 99.4 Å². The Morgan fingerprint density at radius 1 is 0.459 bits per heavy atom. The summed E-state index contributed by atoms with van der Waals surface area (Å²) in [6.45, 7) is 13.3. The Hall–Kier alpha value is -11.0. The van der Waals surface area contributed by atoms with Crippen molar-refractivity contribution in [3.8, 4) is 50.9 Å². The summed E-state index contributed by atoms with van der Waals surface area (Å²) in [7, 11) is 0. The minimum absolute atomic E-state index is 0.00967. The summed E-state index contributed by atoms with van der Waals surface area (Å²) < 4.78 is 30.4. The Kier molecular flexibility index (Phi) is 16.2. The third-order valence-corrected chi connectivity index (χ3v) is 13.4. The number of nitrogen functional groups attached to an aromatic ring is 2. The number of nitrogens with zero attached hydrogens (tertiary/aromatic N) is 7. The molecule has 0 radical (unpaired) electrons. The second kappa shape index (κ2) is 23.5. The summed E-state index contributed by atoms with van der Waals surface area (Å²) >= 11 is -3.79. The molecule has 3 aliphatic carbocycles. The van der Waals surface area contributed by atoms with Crippen LogP contribution in [-0.4, -0.2) is 86.2 Å². The number of benzene rings is 6. The van der Waals surface area contributed by atoms with Crippen molar-refractivity contribution in [1.29, 1.82) is 0 Å². The molecule has 0 amide bonds. The van der Waals surface area contributed by atoms with E-state index in [1.807, 2.05) is 52.1 Å². The topological polar surface area (TPSA) is 366 Å². The third-order valence-electron chi connectivity index (χ3n) is 13.4. The van der Waals surface area contributed by atoms with Gasteiger partial charge in [0.2, 0.25) is 17.4 Å². The molecule has 0 spiro atoms. The molecular formula is C62H47CrN9O13. The first kappa shape index (κ1) is 58.6. The van der Waals surface area contributed by atoms with Gasteiger partial charge >= 0.3 is 37.3 Å². The van der Waals surface area contributed by atoms with Crippen molar-refractivity contribution in [3.63, 3.8) is 0 Å². The first-order valence-corrected chi connectivity index (χ1v) is 27.0. The van der Waals surface area contributed by atoms with Crippen molar-refractivity contribution >= 4 is 102 Å². The number of pyridine rings is 3. The van der Waals surface area contributed by atoms with Crippen LogP contribution in [0, 0.1) is 41.5 Å². The molecule has 85 heavy (non-hydrogen) atoms. The van der Waals surface area contributed by atoms with E-state index in [9.17, 15) is 34.2 Å². The number of aromatic carboxylic acids is 2. The standard InChI is InChI=1S/C20H9N3O6.C20H15N3.C14H10O2.C6H9N3.C2H4O2.Cr.3O/c24-7-29-15-5-13-14(6-21-15)23-18-12-4-10(20(27)28)2-8-1-9(19(25)26)3-11(16(8)12)17(18)22-13;1-10-4-13-5-11(2)7-15-18(13)14(6-10)19-20(15)23-17-9-21-12(3)8-16(17)22-19;1-7-3-9-4-8(2)6-11-12(9)10(5-7)13(15)14(11)16;1-4-2-5(7)6(8)3-9-4;1-2(3)4;;;;/h1-7H,(H,25,26)(H,27,28);4-9H,1-3H3;3-6H,1-2H3;2-3H,8H2,1H3,(H2,7,9);1H3,(H,3,4);;;;. The van der Waals surface area contributed by atoms with Gasteiger partial charge in [-0.2, -0.15) is 0 Å². The zero-order valence-electron chi connectivity index (χ0n) is 46.1. The second-order valence-electron chi connectivity index (χ2n) is 19.9. The molecule has 0 aliphatic heterocycles. The van der Waals surface area contributed by atoms with Gasteiger partial charge in [-0.1, -0.05) is 24.3 Å². The Morgan fingerprint density at radius 3 is 1.20 bits per heavy atom. The van der Waals surface area contributed by atoms with Crippen LogP contribution in [0.15, 0.2) is 110 Å². The van der Waals surface area contributed by atoms with E-state index in [2.05, 4.69) is 63.0 Å². The number of hydrogen-bond donors (Lipinski definition) is 5. The van der Waals surface area contributed by atoms with Crippen molar-refractivity contribution < 1.29 is 74.2 Å². The van der Waals surface area contributed by atoms with Crippen molar-refractivity contribution in [2.75, 3.05) is 11.5 Å². The Bertz CT molecular complexity index is 4810. The van der Waals surface area contributed by atoms with Gasteiger partial charge in [0.1, 0.15) is 11.0 Å². The Labute approximate surface area is 484 Å². The zero-order valence-corrected chi connectivity index (χ0v) is 47.4. The van der Waals surface area contributed by atoms with Crippen LogP contribution in [0.1, 0.15) is 82.0 Å². The van der Waals surface area contributed by atoms with Crippen LogP contribution in [0.3, 0.4) is 0 Å². The van der Waals surface area contributed by atoms with Crippen molar-refractivity contribution in [2.24, 2.45) is 0 Å². The molecule has 7 N–H and O–H groups in total. The maximum absolute atomic E-state index is 11.8. The van der Waals surface area contributed by atoms with Crippen molar-refractivity contribution in [2.45, 2.75) is 48.5 Å². The van der Waals surface area contributed by atoms with E-state index < -0.39 is 31.9 Å². The van der Waals surface area contributed by atoms with Gasteiger partial charge in [0, 0.05) is 73.9 Å². The van der Waals surface area contributed by atoms with Gasteiger partial charge in [0.25, 0.3) is 12.4 Å². The normalized spacial score (nSPS) is 11.4. The van der Waals surface area contributed by atoms with Crippen LogP contribution in [-0.2, 0) is 35.0 Å². The first-order valence-electron chi connectivity index (χ1n) is 25.5. The first-order chi connectivity index (χ1) is 40.3. The number of ketones is 2. The fourth-order valence-electron chi connectivity index (χ4n) is 10.2. The monoisotopic (exact) mass is 1180 g/mol. The molecule has 0 saturated carbocycles. The second-order valence-corrected chi connectivity index (χ2v) is 20.6. The molecule has 5 aromatic heterocycles. The Balaban J connectivity index is 0.000000137. The summed E-state index contributed by atoms with van der Waals surface area (Å²) in [5, 5.41) is 31.9. The Morgan fingerprint density at radius 2 is 0.800 bits per heavy atom. The quantitative estimate of drug-likeness (QED) is 0.0807. The molecule has 0 bridgehead atoms. The van der Waals surface area contributed by atoms with E-state index in [4.69, 9.17) is 47.5 Å². The van der Waals surface area contributed by atoms with Gasteiger partial charge in [-0.05, 0) is 141 Å². The number of nitrogens with two attached hydrogens (primary N) is 2. The average Bonchev–Trinajstić information content (AvgIpc) is 1.66. The molecule has 0 saturated heterocycles. The molecule has 6 aromatic carbocycles. The van der Waals surface area contributed by atoms with Gasteiger partial charge in [0.15, 0.2) is 0 Å². The summed E-state index contributed by atoms with van der Waals surface area (Å²) in [4.78, 5) is 97.5. The van der Waals surface area contributed by atoms with Crippen LogP contribution in [0.5, 0.6) is 5.88 Å². The zero-order chi connectivity index (χ0) is 61.5. The van der Waals surface area contributed by atoms with E-state index in [1.54, 1.807) is 24.4 Å².